The van der Waals surface area contributed by atoms with Crippen molar-refractivity contribution in [1.29, 1.82) is 10.5 Å². The summed E-state index contributed by atoms with van der Waals surface area (Å²) in [4.78, 5) is 0. The van der Waals surface area contributed by atoms with Crippen LogP contribution in [0.3, 0.4) is 0 Å². The average Bonchev–Trinajstić information content (AvgIpc) is 2.41. The van der Waals surface area contributed by atoms with E-state index in [0.717, 1.165) is 5.39 Å². The van der Waals surface area contributed by atoms with E-state index in [1.807, 2.05) is 6.07 Å². The molecule has 0 bridgehead atoms. The largest absolute Gasteiger partial charge is 0.507 e. The molecule has 0 fully saturated rings. The predicted molar refractivity (Wildman–Crippen MR) is 67.9 cm³/mol. The standard InChI is InChI=1S/C13H8N4O/c14-7-9(8-15)16-17-12-5-1-4-11-10(12)3-2-6-13(11)18/h1-6,17-18H. The third kappa shape index (κ3) is 2.06. The molecule has 2 aromatic rings. The molecule has 0 saturated carbocycles. The summed E-state index contributed by atoms with van der Waals surface area (Å²) in [5.74, 6) is 0.168. The Kier molecular flexibility index (Phi) is 3.08. The molecule has 5 heteroatoms. The summed E-state index contributed by atoms with van der Waals surface area (Å²) in [5.41, 5.74) is 3.01. The van der Waals surface area contributed by atoms with Crippen molar-refractivity contribution in [2.75, 3.05) is 5.43 Å². The summed E-state index contributed by atoms with van der Waals surface area (Å²) in [6.45, 7) is 0. The number of nitrogens with one attached hydrogen (secondary N) is 1. The number of hydrogen-bond donors (Lipinski definition) is 2. The minimum absolute atomic E-state index is 0.168. The molecule has 0 aliphatic rings. The number of benzene rings is 2. The van der Waals surface area contributed by atoms with Gasteiger partial charge < -0.3 is 5.11 Å². The Morgan fingerprint density at radius 3 is 2.44 bits per heavy atom. The van der Waals surface area contributed by atoms with Crippen molar-refractivity contribution in [2.24, 2.45) is 5.10 Å². The Labute approximate surface area is 103 Å². The highest BCUT2D eigenvalue weighted by molar-refractivity contribution is 6.10. The molecule has 0 saturated heterocycles. The molecule has 0 aromatic heterocycles. The minimum atomic E-state index is -0.257. The number of nitrogens with zero attached hydrogens (tertiary/aromatic N) is 3. The lowest BCUT2D eigenvalue weighted by atomic mass is 10.1. The van der Waals surface area contributed by atoms with E-state index in [1.54, 1.807) is 42.5 Å². The molecule has 2 N–H and O–H groups in total. The summed E-state index contributed by atoms with van der Waals surface area (Å²) in [5, 5.41) is 32.0. The van der Waals surface area contributed by atoms with Gasteiger partial charge in [0, 0.05) is 10.8 Å². The van der Waals surface area contributed by atoms with E-state index < -0.39 is 0 Å². The lowest BCUT2D eigenvalue weighted by molar-refractivity contribution is 0.481. The molecular formula is C13H8N4O. The SMILES string of the molecule is N#CC(C#N)=NNc1cccc2c(O)cccc12. The third-order valence-corrected chi connectivity index (χ3v) is 2.40. The number of hydrazone groups is 1. The topological polar surface area (TPSA) is 92.2 Å². The quantitative estimate of drug-likeness (QED) is 0.618. The zero-order valence-corrected chi connectivity index (χ0v) is 9.25. The highest BCUT2D eigenvalue weighted by Gasteiger charge is 2.03. The van der Waals surface area contributed by atoms with Gasteiger partial charge in [-0.25, -0.2) is 0 Å². The van der Waals surface area contributed by atoms with Gasteiger partial charge in [-0.05, 0) is 12.1 Å². The van der Waals surface area contributed by atoms with Gasteiger partial charge in [-0.3, -0.25) is 5.43 Å². The lowest BCUT2D eigenvalue weighted by Gasteiger charge is -2.06. The number of anilines is 1. The van der Waals surface area contributed by atoms with E-state index in [1.165, 1.54) is 0 Å². The Bertz CT molecular complexity index is 691. The van der Waals surface area contributed by atoms with Gasteiger partial charge in [-0.1, -0.05) is 24.3 Å². The monoisotopic (exact) mass is 236 g/mol. The molecule has 2 aromatic carbocycles. The highest BCUT2D eigenvalue weighted by atomic mass is 16.3. The molecule has 0 atom stereocenters. The summed E-state index contributed by atoms with van der Waals surface area (Å²) < 4.78 is 0. The van der Waals surface area contributed by atoms with Crippen molar-refractivity contribution in [2.45, 2.75) is 0 Å². The maximum atomic E-state index is 9.70. The van der Waals surface area contributed by atoms with E-state index in [0.29, 0.717) is 11.1 Å². The molecule has 0 aliphatic heterocycles. The number of phenols is 1. The number of nitriles is 2. The van der Waals surface area contributed by atoms with Crippen molar-refractivity contribution in [3.05, 3.63) is 36.4 Å². The number of fused-ring (bicyclic) bond motifs is 1. The Morgan fingerprint density at radius 2 is 1.72 bits per heavy atom. The molecule has 0 heterocycles. The average molecular weight is 236 g/mol. The fourth-order valence-electron chi connectivity index (χ4n) is 1.58. The van der Waals surface area contributed by atoms with Crippen LogP contribution in [-0.4, -0.2) is 10.8 Å². The van der Waals surface area contributed by atoms with Gasteiger partial charge in [0.2, 0.25) is 5.71 Å². The molecule has 0 aliphatic carbocycles. The fraction of sp³-hybridized carbons (Fsp3) is 0. The molecule has 0 amide bonds. The number of phenolic OH excluding ortho intramolecular Hbond substituents is 1. The van der Waals surface area contributed by atoms with E-state index in [4.69, 9.17) is 10.5 Å². The molecule has 0 radical (unpaired) electrons. The van der Waals surface area contributed by atoms with Gasteiger partial charge >= 0.3 is 0 Å². The van der Waals surface area contributed by atoms with Crippen LogP contribution in [0.4, 0.5) is 5.69 Å². The van der Waals surface area contributed by atoms with Crippen LogP contribution in [0.5, 0.6) is 5.75 Å². The first-order valence-electron chi connectivity index (χ1n) is 5.11. The zero-order valence-electron chi connectivity index (χ0n) is 9.25. The van der Waals surface area contributed by atoms with Crippen molar-refractivity contribution < 1.29 is 5.11 Å². The van der Waals surface area contributed by atoms with Gasteiger partial charge in [0.25, 0.3) is 0 Å². The second-order valence-corrected chi connectivity index (χ2v) is 3.47. The van der Waals surface area contributed by atoms with Crippen LogP contribution < -0.4 is 5.43 Å². The Hall–Kier alpha value is -3.05. The van der Waals surface area contributed by atoms with Gasteiger partial charge in [-0.15, -0.1) is 0 Å². The summed E-state index contributed by atoms with van der Waals surface area (Å²) in [6, 6.07) is 13.7. The first-order chi connectivity index (χ1) is 8.76. The molecule has 5 nitrogen and oxygen atoms in total. The van der Waals surface area contributed by atoms with Crippen LogP contribution in [0.15, 0.2) is 41.5 Å². The van der Waals surface area contributed by atoms with Crippen LogP contribution in [0.1, 0.15) is 0 Å². The lowest BCUT2D eigenvalue weighted by Crippen LogP contribution is -1.96. The van der Waals surface area contributed by atoms with Crippen molar-refractivity contribution in [3.8, 4) is 17.9 Å². The predicted octanol–water partition coefficient (Wildman–Crippen LogP) is 2.36. The zero-order chi connectivity index (χ0) is 13.0. The van der Waals surface area contributed by atoms with Gasteiger partial charge in [0.05, 0.1) is 5.69 Å². The van der Waals surface area contributed by atoms with Crippen LogP contribution in [-0.2, 0) is 0 Å². The maximum absolute atomic E-state index is 9.70. The van der Waals surface area contributed by atoms with E-state index in [2.05, 4.69) is 10.5 Å². The molecule has 18 heavy (non-hydrogen) atoms. The van der Waals surface area contributed by atoms with Gasteiger partial charge in [-0.2, -0.15) is 15.6 Å². The van der Waals surface area contributed by atoms with Gasteiger partial charge in [0.1, 0.15) is 17.9 Å². The van der Waals surface area contributed by atoms with Gasteiger partial charge in [0.15, 0.2) is 0 Å². The first kappa shape index (κ1) is 11.4. The normalized spacial score (nSPS) is 9.22. The van der Waals surface area contributed by atoms with Crippen LogP contribution in [0.25, 0.3) is 10.8 Å². The molecule has 0 spiro atoms. The van der Waals surface area contributed by atoms with Crippen LogP contribution in [0, 0.1) is 22.7 Å². The number of rotatable bonds is 2. The van der Waals surface area contributed by atoms with E-state index in [9.17, 15) is 5.11 Å². The third-order valence-electron chi connectivity index (χ3n) is 2.40. The maximum Gasteiger partial charge on any atom is 0.237 e. The Balaban J connectivity index is 2.48. The fourth-order valence-corrected chi connectivity index (χ4v) is 1.58. The summed E-state index contributed by atoms with van der Waals surface area (Å²) in [7, 11) is 0. The van der Waals surface area contributed by atoms with E-state index >= 15 is 0 Å². The summed E-state index contributed by atoms with van der Waals surface area (Å²) >= 11 is 0. The Morgan fingerprint density at radius 1 is 1.06 bits per heavy atom. The number of hydrogen-bond acceptors (Lipinski definition) is 5. The molecule has 0 unspecified atom stereocenters. The molecular weight excluding hydrogens is 228 g/mol. The first-order valence-corrected chi connectivity index (χ1v) is 5.11. The van der Waals surface area contributed by atoms with Crippen LogP contribution in [0.2, 0.25) is 0 Å². The second-order valence-electron chi connectivity index (χ2n) is 3.47. The second kappa shape index (κ2) is 4.86. The smallest absolute Gasteiger partial charge is 0.237 e. The molecule has 2 rings (SSSR count). The highest BCUT2D eigenvalue weighted by Crippen LogP contribution is 2.29. The minimum Gasteiger partial charge on any atom is -0.507 e. The van der Waals surface area contributed by atoms with Crippen molar-refractivity contribution in [1.82, 2.24) is 0 Å². The van der Waals surface area contributed by atoms with Crippen molar-refractivity contribution in [3.63, 3.8) is 0 Å². The van der Waals surface area contributed by atoms with Crippen LogP contribution >= 0.6 is 0 Å². The van der Waals surface area contributed by atoms with E-state index in [-0.39, 0.29) is 11.5 Å². The summed E-state index contributed by atoms with van der Waals surface area (Å²) in [6.07, 6.45) is 0. The molecule has 86 valence electrons. The number of aromatic hydroxyl groups is 1. The van der Waals surface area contributed by atoms with Crippen molar-refractivity contribution >= 4 is 22.2 Å².